The fraction of sp³-hybridized carbons (Fsp3) is 0.696. The van der Waals surface area contributed by atoms with Gasteiger partial charge >= 0.3 is 6.09 Å². The summed E-state index contributed by atoms with van der Waals surface area (Å²) in [7, 11) is 0. The summed E-state index contributed by atoms with van der Waals surface area (Å²) in [5, 5.41) is 6.00. The van der Waals surface area contributed by atoms with E-state index in [0.717, 1.165) is 57.2 Å². The average Bonchev–Trinajstić information content (AvgIpc) is 2.81. The third kappa shape index (κ3) is 6.64. The van der Waals surface area contributed by atoms with Crippen LogP contribution in [0.4, 0.5) is 10.5 Å². The van der Waals surface area contributed by atoms with Gasteiger partial charge in [-0.3, -0.25) is 4.90 Å². The van der Waals surface area contributed by atoms with Gasteiger partial charge in [0.1, 0.15) is 0 Å². The molecule has 1 N–H and O–H groups in total. The lowest BCUT2D eigenvalue weighted by atomic mass is 9.84. The Hall–Kier alpha value is -1.25. The van der Waals surface area contributed by atoms with E-state index < -0.39 is 0 Å². The standard InChI is InChI=1S/C23H34Cl2N4O3/c24-20-2-1-3-21(22(20)25)28-12-10-27(11-13-28)9-8-18-4-6-19(7-5-18)26-23(30)32-29-14-16-31-17-15-29/h1-3,18-19H,4-17H2,(H,26,30). The first-order valence-electron chi connectivity index (χ1n) is 11.8. The van der Waals surface area contributed by atoms with Crippen LogP contribution in [0, 0.1) is 5.92 Å². The zero-order valence-electron chi connectivity index (χ0n) is 18.6. The number of nitrogens with zero attached hydrogens (tertiary/aromatic N) is 3. The average molecular weight is 485 g/mol. The molecule has 0 aromatic heterocycles. The number of piperazine rings is 1. The SMILES string of the molecule is O=C(NC1CCC(CCN2CCN(c3cccc(Cl)c3Cl)CC2)CC1)ON1CCOCC1. The minimum absolute atomic E-state index is 0.228. The lowest BCUT2D eigenvalue weighted by molar-refractivity contribution is -0.146. The Morgan fingerprint density at radius 2 is 1.75 bits per heavy atom. The van der Waals surface area contributed by atoms with Crippen molar-refractivity contribution in [3.05, 3.63) is 28.2 Å². The third-order valence-electron chi connectivity index (χ3n) is 6.85. The number of carbonyl (C=O) groups excluding carboxylic acids is 1. The van der Waals surface area contributed by atoms with Gasteiger partial charge in [-0.15, -0.1) is 5.06 Å². The van der Waals surface area contributed by atoms with Crippen molar-refractivity contribution in [2.45, 2.75) is 38.1 Å². The summed E-state index contributed by atoms with van der Waals surface area (Å²) in [6.07, 6.45) is 5.30. The Bertz CT molecular complexity index is 747. The van der Waals surface area contributed by atoms with Crippen molar-refractivity contribution >= 4 is 35.0 Å². The van der Waals surface area contributed by atoms with Crippen LogP contribution >= 0.6 is 23.2 Å². The first-order chi connectivity index (χ1) is 15.6. The van der Waals surface area contributed by atoms with E-state index in [1.165, 1.54) is 19.3 Å². The third-order valence-corrected chi connectivity index (χ3v) is 7.66. The van der Waals surface area contributed by atoms with Crippen LogP contribution in [0.3, 0.4) is 0 Å². The Balaban J connectivity index is 1.11. The molecule has 1 aromatic rings. The van der Waals surface area contributed by atoms with Gasteiger partial charge in [0.05, 0.1) is 42.0 Å². The molecule has 9 heteroatoms. The molecule has 7 nitrogen and oxygen atoms in total. The monoisotopic (exact) mass is 484 g/mol. The summed E-state index contributed by atoms with van der Waals surface area (Å²) in [5.41, 5.74) is 1.04. The molecule has 2 saturated heterocycles. The van der Waals surface area contributed by atoms with E-state index >= 15 is 0 Å². The number of nitrogens with one attached hydrogen (secondary N) is 1. The van der Waals surface area contributed by atoms with E-state index in [4.69, 9.17) is 32.8 Å². The van der Waals surface area contributed by atoms with E-state index in [0.29, 0.717) is 36.3 Å². The number of amides is 1. The number of rotatable bonds is 6. The minimum atomic E-state index is -0.326. The maximum atomic E-state index is 12.1. The van der Waals surface area contributed by atoms with Crippen LogP contribution in [0.1, 0.15) is 32.1 Å². The topological polar surface area (TPSA) is 57.3 Å². The van der Waals surface area contributed by atoms with Gasteiger partial charge < -0.3 is 19.8 Å². The molecule has 3 fully saturated rings. The second-order valence-corrected chi connectivity index (χ2v) is 9.76. The van der Waals surface area contributed by atoms with Crippen LogP contribution < -0.4 is 10.2 Å². The number of hydrogen-bond donors (Lipinski definition) is 1. The highest BCUT2D eigenvalue weighted by Crippen LogP contribution is 2.33. The Kier molecular flexibility index (Phi) is 8.77. The van der Waals surface area contributed by atoms with E-state index in [1.54, 1.807) is 5.06 Å². The molecule has 3 aliphatic rings. The maximum absolute atomic E-state index is 12.1. The summed E-state index contributed by atoms with van der Waals surface area (Å²) in [5.74, 6) is 0.740. The molecule has 178 valence electrons. The largest absolute Gasteiger partial charge is 0.426 e. The molecule has 1 aliphatic carbocycles. The molecule has 0 atom stereocenters. The smallest absolute Gasteiger partial charge is 0.379 e. The molecule has 0 radical (unpaired) electrons. The van der Waals surface area contributed by atoms with Crippen molar-refractivity contribution in [2.75, 3.05) is 63.9 Å². The van der Waals surface area contributed by atoms with Crippen molar-refractivity contribution in [2.24, 2.45) is 5.92 Å². The van der Waals surface area contributed by atoms with E-state index in [9.17, 15) is 4.79 Å². The molecule has 2 aliphatic heterocycles. The highest BCUT2D eigenvalue weighted by molar-refractivity contribution is 6.43. The summed E-state index contributed by atoms with van der Waals surface area (Å²) in [4.78, 5) is 22.4. The number of morpholine rings is 1. The van der Waals surface area contributed by atoms with Crippen molar-refractivity contribution in [1.29, 1.82) is 0 Å². The number of hydroxylamine groups is 2. The van der Waals surface area contributed by atoms with Crippen molar-refractivity contribution in [3.63, 3.8) is 0 Å². The summed E-state index contributed by atoms with van der Waals surface area (Å²) < 4.78 is 5.27. The summed E-state index contributed by atoms with van der Waals surface area (Å²) >= 11 is 12.6. The van der Waals surface area contributed by atoms with Gasteiger partial charge in [0, 0.05) is 32.2 Å². The van der Waals surface area contributed by atoms with Crippen molar-refractivity contribution < 1.29 is 14.4 Å². The van der Waals surface area contributed by atoms with Gasteiger partial charge in [0.2, 0.25) is 0 Å². The van der Waals surface area contributed by atoms with E-state index in [-0.39, 0.29) is 12.1 Å². The van der Waals surface area contributed by atoms with Gasteiger partial charge in [-0.25, -0.2) is 4.79 Å². The molecular formula is C23H34Cl2N4O3. The molecule has 0 unspecified atom stereocenters. The number of hydrogen-bond acceptors (Lipinski definition) is 6. The molecule has 2 heterocycles. The maximum Gasteiger partial charge on any atom is 0.426 e. The van der Waals surface area contributed by atoms with Crippen molar-refractivity contribution in [3.8, 4) is 0 Å². The van der Waals surface area contributed by atoms with E-state index in [1.807, 2.05) is 18.2 Å². The van der Waals surface area contributed by atoms with Gasteiger partial charge in [-0.1, -0.05) is 29.3 Å². The van der Waals surface area contributed by atoms with Gasteiger partial charge in [-0.05, 0) is 56.7 Å². The number of benzene rings is 1. The summed E-state index contributed by atoms with van der Waals surface area (Å²) in [6.45, 7) is 7.69. The molecular weight excluding hydrogens is 451 g/mol. The number of halogens is 2. The quantitative estimate of drug-likeness (QED) is 0.657. The fourth-order valence-electron chi connectivity index (χ4n) is 4.86. The Morgan fingerprint density at radius 3 is 2.47 bits per heavy atom. The lowest BCUT2D eigenvalue weighted by Gasteiger charge is -2.37. The molecule has 0 spiro atoms. The summed E-state index contributed by atoms with van der Waals surface area (Å²) in [6, 6.07) is 6.07. The number of carbonyl (C=O) groups is 1. The zero-order valence-corrected chi connectivity index (χ0v) is 20.1. The van der Waals surface area contributed by atoms with E-state index in [2.05, 4.69) is 15.1 Å². The highest BCUT2D eigenvalue weighted by atomic mass is 35.5. The second-order valence-electron chi connectivity index (χ2n) is 8.97. The van der Waals surface area contributed by atoms with Crippen molar-refractivity contribution in [1.82, 2.24) is 15.3 Å². The second kappa shape index (κ2) is 11.7. The molecule has 32 heavy (non-hydrogen) atoms. The zero-order chi connectivity index (χ0) is 22.3. The van der Waals surface area contributed by atoms with Crippen LogP contribution in [-0.4, -0.2) is 81.1 Å². The molecule has 1 amide bonds. The van der Waals surface area contributed by atoms with Crippen LogP contribution in [-0.2, 0) is 9.57 Å². The van der Waals surface area contributed by atoms with Gasteiger partial charge in [0.15, 0.2) is 0 Å². The fourth-order valence-corrected chi connectivity index (χ4v) is 5.27. The number of anilines is 1. The van der Waals surface area contributed by atoms with Crippen LogP contribution in [0.2, 0.25) is 10.0 Å². The van der Waals surface area contributed by atoms with Crippen LogP contribution in [0.15, 0.2) is 18.2 Å². The first-order valence-corrected chi connectivity index (χ1v) is 12.6. The highest BCUT2D eigenvalue weighted by Gasteiger charge is 2.26. The molecule has 1 aromatic carbocycles. The predicted molar refractivity (Wildman–Crippen MR) is 127 cm³/mol. The molecule has 4 rings (SSSR count). The molecule has 1 saturated carbocycles. The Morgan fingerprint density at radius 1 is 1.03 bits per heavy atom. The predicted octanol–water partition coefficient (Wildman–Crippen LogP) is 4.04. The van der Waals surface area contributed by atoms with Gasteiger partial charge in [-0.2, -0.15) is 0 Å². The first kappa shape index (κ1) is 23.9. The Labute approximate surface area is 200 Å². The van der Waals surface area contributed by atoms with Gasteiger partial charge in [0.25, 0.3) is 0 Å². The molecule has 0 bridgehead atoms. The minimum Gasteiger partial charge on any atom is -0.379 e. The lowest BCUT2D eigenvalue weighted by Crippen LogP contribution is -2.47. The normalized spacial score (nSPS) is 25.5. The van der Waals surface area contributed by atoms with Crippen LogP contribution in [0.25, 0.3) is 0 Å². The number of ether oxygens (including phenoxy) is 1. The van der Waals surface area contributed by atoms with Crippen LogP contribution in [0.5, 0.6) is 0 Å².